The largest absolute Gasteiger partial charge is 0.467 e. The Labute approximate surface area is 183 Å². The van der Waals surface area contributed by atoms with Crippen molar-refractivity contribution >= 4 is 17.6 Å². The van der Waals surface area contributed by atoms with Crippen molar-refractivity contribution in [2.45, 2.75) is 39.4 Å². The summed E-state index contributed by atoms with van der Waals surface area (Å²) in [5.41, 5.74) is 1.70. The summed E-state index contributed by atoms with van der Waals surface area (Å²) in [6, 6.07) is 16.5. The molecule has 0 aliphatic rings. The van der Waals surface area contributed by atoms with E-state index in [1.807, 2.05) is 80.2 Å². The first-order valence-corrected chi connectivity index (χ1v) is 10.5. The van der Waals surface area contributed by atoms with Crippen molar-refractivity contribution in [2.75, 3.05) is 11.9 Å². The highest BCUT2D eigenvalue weighted by atomic mass is 16.3. The van der Waals surface area contributed by atoms with Gasteiger partial charge in [-0.1, -0.05) is 25.1 Å². The number of hydrogen-bond donors (Lipinski definition) is 1. The Balaban J connectivity index is 1.76. The lowest BCUT2D eigenvalue weighted by atomic mass is 10.2. The summed E-state index contributed by atoms with van der Waals surface area (Å²) in [6.45, 7) is 4.70. The molecule has 7 heteroatoms. The summed E-state index contributed by atoms with van der Waals surface area (Å²) in [6.07, 6.45) is 4.29. The number of nitrogens with one attached hydrogen (secondary N) is 1. The van der Waals surface area contributed by atoms with Crippen molar-refractivity contribution in [3.63, 3.8) is 0 Å². The number of anilines is 1. The minimum Gasteiger partial charge on any atom is -0.467 e. The summed E-state index contributed by atoms with van der Waals surface area (Å²) < 4.78 is 7.45. The first-order chi connectivity index (χ1) is 15.0. The van der Waals surface area contributed by atoms with Crippen LogP contribution in [-0.2, 0) is 24.9 Å². The third-order valence-corrected chi connectivity index (χ3v) is 5.40. The Morgan fingerprint density at radius 2 is 1.84 bits per heavy atom. The highest BCUT2D eigenvalue weighted by Gasteiger charge is 2.26. The molecule has 7 nitrogen and oxygen atoms in total. The smallest absolute Gasteiger partial charge is 0.322 e. The quantitative estimate of drug-likeness (QED) is 0.553. The van der Waals surface area contributed by atoms with E-state index in [-0.39, 0.29) is 24.5 Å². The molecule has 0 aliphatic carbocycles. The van der Waals surface area contributed by atoms with Gasteiger partial charge in [0.05, 0.1) is 19.4 Å². The Hall–Kier alpha value is -3.48. The number of nitrogens with zero attached hydrogens (tertiary/aromatic N) is 3. The molecule has 0 bridgehead atoms. The maximum absolute atomic E-state index is 13.3. The van der Waals surface area contributed by atoms with Crippen molar-refractivity contribution in [3.05, 3.63) is 78.5 Å². The molecule has 1 unspecified atom stereocenters. The van der Waals surface area contributed by atoms with E-state index in [2.05, 4.69) is 5.32 Å². The second-order valence-corrected chi connectivity index (χ2v) is 7.62. The first kappa shape index (κ1) is 22.2. The number of carbonyl (C=O) groups excluding carboxylic acids is 2. The van der Waals surface area contributed by atoms with Crippen LogP contribution >= 0.6 is 0 Å². The highest BCUT2D eigenvalue weighted by molar-refractivity contribution is 5.92. The van der Waals surface area contributed by atoms with E-state index in [0.29, 0.717) is 24.5 Å². The number of urea groups is 1. The van der Waals surface area contributed by atoms with Gasteiger partial charge in [0.1, 0.15) is 12.3 Å². The average Bonchev–Trinajstić information content (AvgIpc) is 3.43. The molecule has 0 radical (unpaired) electrons. The fourth-order valence-electron chi connectivity index (χ4n) is 3.29. The van der Waals surface area contributed by atoms with Gasteiger partial charge in [0.25, 0.3) is 0 Å². The fraction of sp³-hybridized carbons (Fsp3) is 0.333. The summed E-state index contributed by atoms with van der Waals surface area (Å²) in [7, 11) is 1.95. The number of furan rings is 1. The predicted molar refractivity (Wildman–Crippen MR) is 120 cm³/mol. The lowest BCUT2D eigenvalue weighted by molar-refractivity contribution is -0.133. The Morgan fingerprint density at radius 3 is 2.45 bits per heavy atom. The van der Waals surface area contributed by atoms with Gasteiger partial charge in [-0.15, -0.1) is 0 Å². The van der Waals surface area contributed by atoms with Gasteiger partial charge >= 0.3 is 6.03 Å². The normalized spacial score (nSPS) is 11.7. The van der Waals surface area contributed by atoms with E-state index in [9.17, 15) is 9.59 Å². The van der Waals surface area contributed by atoms with E-state index in [4.69, 9.17) is 4.42 Å². The molecule has 0 fully saturated rings. The van der Waals surface area contributed by atoms with Crippen LogP contribution in [0.1, 0.15) is 31.7 Å². The third-order valence-electron chi connectivity index (χ3n) is 5.40. The molecule has 164 valence electrons. The Bertz CT molecular complexity index is 966. The van der Waals surface area contributed by atoms with Crippen LogP contribution in [0.25, 0.3) is 0 Å². The number of aryl methyl sites for hydroxylation is 1. The van der Waals surface area contributed by atoms with Crippen LogP contribution in [0.3, 0.4) is 0 Å². The molecule has 3 aromatic rings. The van der Waals surface area contributed by atoms with Gasteiger partial charge in [-0.25, -0.2) is 4.79 Å². The molecule has 1 N–H and O–H groups in total. The van der Waals surface area contributed by atoms with E-state index in [0.717, 1.165) is 12.1 Å². The number of aromatic nitrogens is 1. The molecule has 3 amide bonds. The van der Waals surface area contributed by atoms with Crippen molar-refractivity contribution in [1.29, 1.82) is 0 Å². The SMILES string of the molecule is CCC(C)N(CC(=O)N(Cc1ccco1)Cc1cccn1C)C(=O)Nc1ccccc1. The molecular weight excluding hydrogens is 392 g/mol. The molecule has 1 atom stereocenters. The number of rotatable bonds is 9. The van der Waals surface area contributed by atoms with Crippen LogP contribution in [0.5, 0.6) is 0 Å². The summed E-state index contributed by atoms with van der Waals surface area (Å²) in [4.78, 5) is 29.6. The minimum atomic E-state index is -0.286. The van der Waals surface area contributed by atoms with Crippen molar-refractivity contribution in [2.24, 2.45) is 7.05 Å². The van der Waals surface area contributed by atoms with Crippen LogP contribution in [0, 0.1) is 0 Å². The molecule has 3 rings (SSSR count). The van der Waals surface area contributed by atoms with E-state index in [1.54, 1.807) is 22.1 Å². The molecule has 0 aliphatic heterocycles. The molecule has 2 aromatic heterocycles. The highest BCUT2D eigenvalue weighted by Crippen LogP contribution is 2.15. The van der Waals surface area contributed by atoms with E-state index in [1.165, 1.54) is 0 Å². The monoisotopic (exact) mass is 422 g/mol. The van der Waals surface area contributed by atoms with Crippen LogP contribution < -0.4 is 5.32 Å². The van der Waals surface area contributed by atoms with Gasteiger partial charge in [-0.3, -0.25) is 4.79 Å². The van der Waals surface area contributed by atoms with Crippen LogP contribution in [-0.4, -0.2) is 38.9 Å². The maximum atomic E-state index is 13.3. The molecule has 1 aromatic carbocycles. The second kappa shape index (κ2) is 10.5. The molecule has 0 saturated carbocycles. The fourth-order valence-corrected chi connectivity index (χ4v) is 3.29. The molecular formula is C24H30N4O3. The third kappa shape index (κ3) is 6.01. The molecule has 31 heavy (non-hydrogen) atoms. The van der Waals surface area contributed by atoms with E-state index < -0.39 is 0 Å². The van der Waals surface area contributed by atoms with Gasteiger partial charge in [0.15, 0.2) is 0 Å². The summed E-state index contributed by atoms with van der Waals surface area (Å²) in [5, 5.41) is 2.90. The summed E-state index contributed by atoms with van der Waals surface area (Å²) >= 11 is 0. The van der Waals surface area contributed by atoms with Gasteiger partial charge in [0, 0.05) is 30.7 Å². The Kier molecular flexibility index (Phi) is 7.54. The van der Waals surface area contributed by atoms with Crippen LogP contribution in [0.4, 0.5) is 10.5 Å². The topological polar surface area (TPSA) is 70.7 Å². The standard InChI is InChI=1S/C24H30N4O3/c1-4-19(2)28(24(30)25-20-10-6-5-7-11-20)18-23(29)27(17-22-13-9-15-31-22)16-21-12-8-14-26(21)3/h5-15,19H,4,16-18H2,1-3H3,(H,25,30). The maximum Gasteiger partial charge on any atom is 0.322 e. The number of benzene rings is 1. The minimum absolute atomic E-state index is 0.0151. The van der Waals surface area contributed by atoms with Gasteiger partial charge < -0.3 is 24.1 Å². The summed E-state index contributed by atoms with van der Waals surface area (Å²) in [5.74, 6) is 0.562. The van der Waals surface area contributed by atoms with Crippen molar-refractivity contribution in [1.82, 2.24) is 14.4 Å². The zero-order valence-corrected chi connectivity index (χ0v) is 18.3. The zero-order valence-electron chi connectivity index (χ0n) is 18.3. The predicted octanol–water partition coefficient (Wildman–Crippen LogP) is 4.48. The number of hydrogen-bond acceptors (Lipinski definition) is 3. The number of carbonyl (C=O) groups is 2. The Morgan fingerprint density at radius 1 is 1.06 bits per heavy atom. The first-order valence-electron chi connectivity index (χ1n) is 10.5. The second-order valence-electron chi connectivity index (χ2n) is 7.62. The van der Waals surface area contributed by atoms with Gasteiger partial charge in [-0.2, -0.15) is 0 Å². The van der Waals surface area contributed by atoms with Crippen molar-refractivity contribution < 1.29 is 14.0 Å². The van der Waals surface area contributed by atoms with E-state index >= 15 is 0 Å². The number of para-hydroxylation sites is 1. The molecule has 2 heterocycles. The van der Waals surface area contributed by atoms with Crippen LogP contribution in [0.15, 0.2) is 71.5 Å². The lowest BCUT2D eigenvalue weighted by Gasteiger charge is -2.31. The van der Waals surface area contributed by atoms with Crippen LogP contribution in [0.2, 0.25) is 0 Å². The van der Waals surface area contributed by atoms with Gasteiger partial charge in [-0.05, 0) is 49.7 Å². The number of amides is 3. The van der Waals surface area contributed by atoms with Gasteiger partial charge in [0.2, 0.25) is 5.91 Å². The zero-order chi connectivity index (χ0) is 22.2. The molecule has 0 spiro atoms. The molecule has 0 saturated heterocycles. The van der Waals surface area contributed by atoms with Crippen molar-refractivity contribution in [3.8, 4) is 0 Å². The lowest BCUT2D eigenvalue weighted by Crippen LogP contribution is -2.48. The average molecular weight is 423 g/mol.